The van der Waals surface area contributed by atoms with Gasteiger partial charge >= 0.3 is 5.97 Å². The highest BCUT2D eigenvalue weighted by atomic mass is 32.2. The lowest BCUT2D eigenvalue weighted by Crippen LogP contribution is -2.17. The summed E-state index contributed by atoms with van der Waals surface area (Å²) in [6.45, 7) is 5.52. The van der Waals surface area contributed by atoms with Crippen LogP contribution >= 0.6 is 11.8 Å². The quantitative estimate of drug-likeness (QED) is 0.431. The molecule has 0 fully saturated rings. The standard InChI is InChI=1S/C20H21NO6S/c1-11-19(13(3)22)12(2)21-20(11)15(23)9-27-18(24)10-28-14-4-5-16-17(8-14)26-7-6-25-16/h4-5,8,21H,6-7,9-10H2,1-3H3. The molecule has 0 unspecified atom stereocenters. The number of aromatic nitrogens is 1. The second kappa shape index (κ2) is 8.52. The topological polar surface area (TPSA) is 94.7 Å². The number of rotatable bonds is 7. The first kappa shape index (κ1) is 20.0. The summed E-state index contributed by atoms with van der Waals surface area (Å²) in [5, 5.41) is 0. The lowest BCUT2D eigenvalue weighted by atomic mass is 10.1. The molecule has 1 aliphatic rings. The first-order valence-corrected chi connectivity index (χ1v) is 9.76. The third kappa shape index (κ3) is 4.39. The van der Waals surface area contributed by atoms with E-state index in [1.54, 1.807) is 19.9 Å². The van der Waals surface area contributed by atoms with Crippen LogP contribution in [0.3, 0.4) is 0 Å². The fourth-order valence-electron chi connectivity index (χ4n) is 3.07. The maximum Gasteiger partial charge on any atom is 0.316 e. The zero-order valence-electron chi connectivity index (χ0n) is 15.9. The number of aromatic amines is 1. The number of ether oxygens (including phenoxy) is 3. The van der Waals surface area contributed by atoms with Gasteiger partial charge in [-0.25, -0.2) is 0 Å². The van der Waals surface area contributed by atoms with Crippen molar-refractivity contribution in [3.63, 3.8) is 0 Å². The van der Waals surface area contributed by atoms with Crippen LogP contribution in [-0.4, -0.2) is 48.1 Å². The number of fused-ring (bicyclic) bond motifs is 1. The summed E-state index contributed by atoms with van der Waals surface area (Å²) in [6, 6.07) is 5.45. The fraction of sp³-hybridized carbons (Fsp3) is 0.350. The third-order valence-electron chi connectivity index (χ3n) is 4.30. The Morgan fingerprint density at radius 1 is 1.14 bits per heavy atom. The molecule has 148 valence electrons. The van der Waals surface area contributed by atoms with Crippen LogP contribution in [0.2, 0.25) is 0 Å². The third-order valence-corrected chi connectivity index (χ3v) is 5.27. The van der Waals surface area contributed by atoms with Gasteiger partial charge in [-0.3, -0.25) is 14.4 Å². The molecule has 0 saturated heterocycles. The SMILES string of the molecule is CC(=O)c1c(C)[nH]c(C(=O)COC(=O)CSc2ccc3c(c2)OCCO3)c1C. The predicted octanol–water partition coefficient (Wildman–Crippen LogP) is 3.12. The number of hydrogen-bond donors (Lipinski definition) is 1. The summed E-state index contributed by atoms with van der Waals surface area (Å²) in [5.41, 5.74) is 2.02. The first-order chi connectivity index (χ1) is 13.4. The number of esters is 1. The molecular weight excluding hydrogens is 382 g/mol. The van der Waals surface area contributed by atoms with Crippen molar-refractivity contribution in [2.24, 2.45) is 0 Å². The van der Waals surface area contributed by atoms with E-state index in [1.165, 1.54) is 18.7 Å². The van der Waals surface area contributed by atoms with Gasteiger partial charge in [0.25, 0.3) is 0 Å². The molecule has 0 amide bonds. The number of benzene rings is 1. The van der Waals surface area contributed by atoms with Crippen molar-refractivity contribution < 1.29 is 28.6 Å². The molecule has 1 aromatic carbocycles. The molecule has 3 rings (SSSR count). The molecule has 28 heavy (non-hydrogen) atoms. The summed E-state index contributed by atoms with van der Waals surface area (Å²) in [7, 11) is 0. The minimum Gasteiger partial charge on any atom is -0.486 e. The molecule has 0 radical (unpaired) electrons. The van der Waals surface area contributed by atoms with E-state index in [9.17, 15) is 14.4 Å². The van der Waals surface area contributed by atoms with Crippen molar-refractivity contribution in [1.29, 1.82) is 0 Å². The van der Waals surface area contributed by atoms with E-state index in [0.29, 0.717) is 47.2 Å². The number of aryl methyl sites for hydroxylation is 1. The van der Waals surface area contributed by atoms with Gasteiger partial charge in [0, 0.05) is 16.2 Å². The van der Waals surface area contributed by atoms with Gasteiger partial charge in [0.2, 0.25) is 5.78 Å². The molecule has 0 aliphatic carbocycles. The van der Waals surface area contributed by atoms with Crippen LogP contribution in [0.5, 0.6) is 11.5 Å². The molecule has 1 aliphatic heterocycles. The van der Waals surface area contributed by atoms with E-state index in [4.69, 9.17) is 14.2 Å². The number of ketones is 2. The van der Waals surface area contributed by atoms with E-state index in [0.717, 1.165) is 4.90 Å². The molecule has 0 bridgehead atoms. The van der Waals surface area contributed by atoms with Crippen LogP contribution in [-0.2, 0) is 9.53 Å². The van der Waals surface area contributed by atoms with E-state index in [2.05, 4.69) is 4.98 Å². The Bertz CT molecular complexity index is 933. The van der Waals surface area contributed by atoms with Gasteiger partial charge in [0.15, 0.2) is 23.9 Å². The molecule has 0 atom stereocenters. The maximum absolute atomic E-state index is 12.3. The Morgan fingerprint density at radius 3 is 2.54 bits per heavy atom. The van der Waals surface area contributed by atoms with Gasteiger partial charge in [-0.2, -0.15) is 0 Å². The number of carbonyl (C=O) groups excluding carboxylic acids is 3. The van der Waals surface area contributed by atoms with Crippen molar-refractivity contribution in [3.8, 4) is 11.5 Å². The van der Waals surface area contributed by atoms with Crippen molar-refractivity contribution in [2.75, 3.05) is 25.6 Å². The molecular formula is C20H21NO6S. The zero-order valence-corrected chi connectivity index (χ0v) is 16.7. The van der Waals surface area contributed by atoms with E-state index in [1.807, 2.05) is 12.1 Å². The van der Waals surface area contributed by atoms with Crippen molar-refractivity contribution in [1.82, 2.24) is 4.98 Å². The highest BCUT2D eigenvalue weighted by molar-refractivity contribution is 8.00. The molecule has 2 heterocycles. The Morgan fingerprint density at radius 2 is 1.86 bits per heavy atom. The summed E-state index contributed by atoms with van der Waals surface area (Å²) in [4.78, 5) is 39.7. The molecule has 0 saturated carbocycles. The average molecular weight is 403 g/mol. The number of nitrogens with one attached hydrogen (secondary N) is 1. The minimum absolute atomic E-state index is 0.0638. The molecule has 0 spiro atoms. The van der Waals surface area contributed by atoms with Gasteiger partial charge in [-0.15, -0.1) is 11.8 Å². The second-order valence-corrected chi connectivity index (χ2v) is 7.41. The number of hydrogen-bond acceptors (Lipinski definition) is 7. The smallest absolute Gasteiger partial charge is 0.316 e. The lowest BCUT2D eigenvalue weighted by Gasteiger charge is -2.18. The number of carbonyl (C=O) groups is 3. The van der Waals surface area contributed by atoms with E-state index in [-0.39, 0.29) is 23.9 Å². The zero-order chi connectivity index (χ0) is 20.3. The summed E-state index contributed by atoms with van der Waals surface area (Å²) < 4.78 is 16.1. The lowest BCUT2D eigenvalue weighted by molar-refractivity contribution is -0.139. The normalized spacial score (nSPS) is 12.5. The summed E-state index contributed by atoms with van der Waals surface area (Å²) >= 11 is 1.29. The average Bonchev–Trinajstić information content (AvgIpc) is 2.98. The number of H-pyrrole nitrogens is 1. The first-order valence-electron chi connectivity index (χ1n) is 8.78. The van der Waals surface area contributed by atoms with Gasteiger partial charge < -0.3 is 19.2 Å². The van der Waals surface area contributed by atoms with Crippen molar-refractivity contribution >= 4 is 29.3 Å². The Balaban J connectivity index is 1.52. The van der Waals surface area contributed by atoms with Crippen LogP contribution in [0, 0.1) is 13.8 Å². The van der Waals surface area contributed by atoms with Crippen molar-refractivity contribution in [2.45, 2.75) is 25.7 Å². The van der Waals surface area contributed by atoms with E-state index >= 15 is 0 Å². The summed E-state index contributed by atoms with van der Waals surface area (Å²) in [6.07, 6.45) is 0. The van der Waals surface area contributed by atoms with Crippen LogP contribution in [0.4, 0.5) is 0 Å². The highest BCUT2D eigenvalue weighted by Crippen LogP contribution is 2.34. The second-order valence-electron chi connectivity index (χ2n) is 6.36. The Labute approximate surface area is 166 Å². The highest BCUT2D eigenvalue weighted by Gasteiger charge is 2.21. The molecule has 1 aromatic heterocycles. The largest absolute Gasteiger partial charge is 0.486 e. The molecule has 8 heteroatoms. The van der Waals surface area contributed by atoms with Crippen molar-refractivity contribution in [3.05, 3.63) is 40.7 Å². The van der Waals surface area contributed by atoms with Crippen LogP contribution in [0.25, 0.3) is 0 Å². The summed E-state index contributed by atoms with van der Waals surface area (Å²) in [5.74, 6) is 0.419. The minimum atomic E-state index is -0.499. The van der Waals surface area contributed by atoms with Crippen LogP contribution < -0.4 is 9.47 Å². The predicted molar refractivity (Wildman–Crippen MR) is 104 cm³/mol. The maximum atomic E-state index is 12.3. The fourth-order valence-corrected chi connectivity index (χ4v) is 3.80. The van der Waals surface area contributed by atoms with Gasteiger partial charge in [-0.05, 0) is 44.5 Å². The molecule has 1 N–H and O–H groups in total. The Hall–Kier alpha value is -2.74. The number of Topliss-reactive ketones (excluding diaryl/α,β-unsaturated/α-hetero) is 2. The van der Waals surface area contributed by atoms with Crippen LogP contribution in [0.1, 0.15) is 39.0 Å². The van der Waals surface area contributed by atoms with Gasteiger partial charge in [0.05, 0.1) is 11.4 Å². The Kier molecular flexibility index (Phi) is 6.08. The molecule has 7 nitrogen and oxygen atoms in total. The van der Waals surface area contributed by atoms with E-state index < -0.39 is 5.97 Å². The van der Waals surface area contributed by atoms with Gasteiger partial charge in [0.1, 0.15) is 13.2 Å². The van der Waals surface area contributed by atoms with Gasteiger partial charge in [-0.1, -0.05) is 0 Å². The molecule has 2 aromatic rings. The number of thioether (sulfide) groups is 1. The van der Waals surface area contributed by atoms with Crippen LogP contribution in [0.15, 0.2) is 23.1 Å². The monoisotopic (exact) mass is 403 g/mol.